The third-order valence-electron chi connectivity index (χ3n) is 3.55. The molecule has 10 heteroatoms. The summed E-state index contributed by atoms with van der Waals surface area (Å²) >= 11 is 0. The lowest BCUT2D eigenvalue weighted by atomic mass is 10.00. The Morgan fingerprint density at radius 2 is 1.92 bits per heavy atom. The van der Waals surface area contributed by atoms with Crippen LogP contribution in [0.3, 0.4) is 0 Å². The molecule has 0 radical (unpaired) electrons. The molecule has 1 heterocycles. The van der Waals surface area contributed by atoms with Crippen molar-refractivity contribution < 1.29 is 28.0 Å². The summed E-state index contributed by atoms with van der Waals surface area (Å²) in [6, 6.07) is 4.66. The van der Waals surface area contributed by atoms with Gasteiger partial charge in [0.25, 0.3) is 11.4 Å². The lowest BCUT2D eigenvalue weighted by molar-refractivity contribution is -0.384. The molecule has 24 heavy (non-hydrogen) atoms. The van der Waals surface area contributed by atoms with E-state index in [1.54, 1.807) is 0 Å². The molecule has 1 amide bonds. The van der Waals surface area contributed by atoms with Gasteiger partial charge >= 0.3 is 6.18 Å². The Morgan fingerprint density at radius 3 is 2.33 bits per heavy atom. The van der Waals surface area contributed by atoms with E-state index in [0.717, 1.165) is 12.1 Å². The lowest BCUT2D eigenvalue weighted by Gasteiger charge is -2.33. The highest BCUT2D eigenvalue weighted by Crippen LogP contribution is 2.42. The highest BCUT2D eigenvalue weighted by atomic mass is 19.4. The van der Waals surface area contributed by atoms with Crippen molar-refractivity contribution in [2.24, 2.45) is 11.0 Å². The van der Waals surface area contributed by atoms with Crippen LogP contribution in [0, 0.1) is 16.0 Å². The van der Waals surface area contributed by atoms with E-state index in [1.165, 1.54) is 26.0 Å². The fourth-order valence-electron chi connectivity index (χ4n) is 2.18. The molecule has 1 aliphatic rings. The summed E-state index contributed by atoms with van der Waals surface area (Å²) in [6.45, 7) is 2.77. The number of nitrogens with zero attached hydrogens (tertiary/aromatic N) is 3. The average molecular weight is 345 g/mol. The second-order valence-electron chi connectivity index (χ2n) is 5.65. The van der Waals surface area contributed by atoms with Gasteiger partial charge in [-0.2, -0.15) is 23.3 Å². The average Bonchev–Trinajstić information content (AvgIpc) is 2.85. The summed E-state index contributed by atoms with van der Waals surface area (Å²) in [5.41, 5.74) is -3.70. The van der Waals surface area contributed by atoms with Crippen LogP contribution in [-0.4, -0.2) is 38.6 Å². The molecule has 0 bridgehead atoms. The van der Waals surface area contributed by atoms with Gasteiger partial charge in [0.05, 0.1) is 17.1 Å². The Morgan fingerprint density at radius 1 is 1.38 bits per heavy atom. The Hall–Kier alpha value is -2.49. The van der Waals surface area contributed by atoms with Gasteiger partial charge in [-0.25, -0.2) is 0 Å². The van der Waals surface area contributed by atoms with Gasteiger partial charge in [-0.05, 0) is 17.7 Å². The zero-order valence-electron chi connectivity index (χ0n) is 12.7. The van der Waals surface area contributed by atoms with Gasteiger partial charge in [-0.15, -0.1) is 0 Å². The largest absolute Gasteiger partial charge is 0.438 e. The van der Waals surface area contributed by atoms with Gasteiger partial charge in [-0.1, -0.05) is 13.8 Å². The number of hydrogen-bond acceptors (Lipinski definition) is 5. The first-order valence-corrected chi connectivity index (χ1v) is 6.93. The minimum atomic E-state index is -5.11. The van der Waals surface area contributed by atoms with Crippen LogP contribution in [-0.2, 0) is 4.79 Å². The van der Waals surface area contributed by atoms with Crippen LogP contribution in [0.5, 0.6) is 0 Å². The smallest absolute Gasteiger partial charge is 0.362 e. The maximum Gasteiger partial charge on any atom is 0.438 e. The molecule has 1 aromatic rings. The second kappa shape index (κ2) is 5.86. The van der Waals surface area contributed by atoms with Crippen LogP contribution in [0.25, 0.3) is 0 Å². The molecule has 7 nitrogen and oxygen atoms in total. The topological polar surface area (TPSA) is 96.0 Å². The van der Waals surface area contributed by atoms with Crippen LogP contribution >= 0.6 is 0 Å². The van der Waals surface area contributed by atoms with E-state index in [0.29, 0.717) is 0 Å². The van der Waals surface area contributed by atoms with Gasteiger partial charge < -0.3 is 5.11 Å². The number of alkyl halides is 3. The monoisotopic (exact) mass is 345 g/mol. The zero-order chi connectivity index (χ0) is 18.3. The Balaban J connectivity index is 2.43. The van der Waals surface area contributed by atoms with Gasteiger partial charge in [0.15, 0.2) is 0 Å². The number of nitro benzene ring substituents is 1. The van der Waals surface area contributed by atoms with E-state index in [9.17, 15) is 33.2 Å². The molecule has 1 atom stereocenters. The van der Waals surface area contributed by atoms with Crippen molar-refractivity contribution in [3.8, 4) is 0 Å². The van der Waals surface area contributed by atoms with Crippen molar-refractivity contribution >= 4 is 17.3 Å². The van der Waals surface area contributed by atoms with E-state index < -0.39 is 35.1 Å². The van der Waals surface area contributed by atoms with Crippen LogP contribution in [0.15, 0.2) is 29.4 Å². The summed E-state index contributed by atoms with van der Waals surface area (Å²) in [6.07, 6.45) is -6.06. The maximum absolute atomic E-state index is 13.3. The van der Waals surface area contributed by atoms with Crippen molar-refractivity contribution in [2.45, 2.75) is 32.2 Å². The third-order valence-corrected chi connectivity index (χ3v) is 3.55. The van der Waals surface area contributed by atoms with Crippen LogP contribution < -0.4 is 0 Å². The molecule has 1 aliphatic heterocycles. The first kappa shape index (κ1) is 17.9. The van der Waals surface area contributed by atoms with Gasteiger partial charge in [0.2, 0.25) is 5.91 Å². The molecule has 0 aliphatic carbocycles. The van der Waals surface area contributed by atoms with E-state index >= 15 is 0 Å². The minimum Gasteiger partial charge on any atom is -0.362 e. The maximum atomic E-state index is 13.3. The normalized spacial score (nSPS) is 21.1. The number of carbonyl (C=O) groups is 1. The van der Waals surface area contributed by atoms with Gasteiger partial charge in [-0.3, -0.25) is 14.9 Å². The fraction of sp³-hybridized carbons (Fsp3) is 0.429. The summed E-state index contributed by atoms with van der Waals surface area (Å²) < 4.78 is 39.8. The number of halogens is 3. The van der Waals surface area contributed by atoms with Crippen molar-refractivity contribution in [3.05, 3.63) is 39.9 Å². The molecular weight excluding hydrogens is 331 g/mol. The summed E-state index contributed by atoms with van der Waals surface area (Å²) in [5, 5.41) is 24.3. The van der Waals surface area contributed by atoms with Crippen molar-refractivity contribution in [1.82, 2.24) is 5.01 Å². The summed E-state index contributed by atoms with van der Waals surface area (Å²) in [4.78, 5) is 22.0. The molecule has 1 aromatic carbocycles. The fourth-order valence-corrected chi connectivity index (χ4v) is 2.18. The number of rotatable bonds is 3. The summed E-state index contributed by atoms with van der Waals surface area (Å²) in [7, 11) is 0. The minimum absolute atomic E-state index is 0.0500. The highest BCUT2D eigenvalue weighted by molar-refractivity contribution is 6.03. The Kier molecular flexibility index (Phi) is 4.36. The van der Waals surface area contributed by atoms with Crippen molar-refractivity contribution in [3.63, 3.8) is 0 Å². The summed E-state index contributed by atoms with van der Waals surface area (Å²) in [5.74, 6) is -1.79. The molecule has 130 valence electrons. The highest BCUT2D eigenvalue weighted by Gasteiger charge is 2.63. The Bertz CT molecular complexity index is 700. The predicted molar refractivity (Wildman–Crippen MR) is 76.9 cm³/mol. The molecular formula is C14H14F3N3O4. The SMILES string of the molecule is CC(C)C(=O)N1N=C(c2ccc([N+](=O)[O-])cc2)C[C@@]1(O)C(F)(F)F. The first-order valence-electron chi connectivity index (χ1n) is 6.93. The number of amides is 1. The van der Waals surface area contributed by atoms with Crippen LogP contribution in [0.4, 0.5) is 18.9 Å². The van der Waals surface area contributed by atoms with E-state index in [4.69, 9.17) is 0 Å². The molecule has 1 N–H and O–H groups in total. The molecule has 0 saturated carbocycles. The Labute approximate surface area is 134 Å². The third kappa shape index (κ3) is 2.96. The molecule has 0 aromatic heterocycles. The molecule has 0 spiro atoms. The van der Waals surface area contributed by atoms with Gasteiger partial charge in [0.1, 0.15) is 0 Å². The quantitative estimate of drug-likeness (QED) is 0.672. The van der Waals surface area contributed by atoms with E-state index in [2.05, 4.69) is 5.10 Å². The van der Waals surface area contributed by atoms with Crippen LogP contribution in [0.2, 0.25) is 0 Å². The molecule has 0 fully saturated rings. The number of carbonyl (C=O) groups excluding carboxylic acids is 1. The van der Waals surface area contributed by atoms with E-state index in [1.807, 2.05) is 0 Å². The first-order chi connectivity index (χ1) is 11.0. The number of aliphatic hydroxyl groups is 1. The van der Waals surface area contributed by atoms with Gasteiger partial charge in [0, 0.05) is 18.1 Å². The van der Waals surface area contributed by atoms with E-state index in [-0.39, 0.29) is 22.0 Å². The zero-order valence-corrected chi connectivity index (χ0v) is 12.7. The lowest BCUT2D eigenvalue weighted by Crippen LogP contribution is -2.57. The number of non-ortho nitro benzene ring substituents is 1. The number of hydrogen-bond donors (Lipinski definition) is 1. The number of hydrazone groups is 1. The molecule has 2 rings (SSSR count). The second-order valence-corrected chi connectivity index (χ2v) is 5.65. The van der Waals surface area contributed by atoms with Crippen LogP contribution in [0.1, 0.15) is 25.8 Å². The molecule has 0 saturated heterocycles. The standard InChI is InChI=1S/C14H14F3N3O4/c1-8(2)12(21)19-13(22,14(15,16)17)7-11(18-19)9-3-5-10(6-4-9)20(23)24/h3-6,8,22H,7H2,1-2H3/t13-/m1/s1. The molecule has 0 unspecified atom stereocenters. The predicted octanol–water partition coefficient (Wildman–Crippen LogP) is 2.44. The van der Waals surface area contributed by atoms with Crippen molar-refractivity contribution in [2.75, 3.05) is 0 Å². The number of benzene rings is 1. The number of nitro groups is 1. The van der Waals surface area contributed by atoms with Crippen molar-refractivity contribution in [1.29, 1.82) is 0 Å².